The molecule has 1 aromatic rings. The Morgan fingerprint density at radius 1 is 1.33 bits per heavy atom. The van der Waals surface area contributed by atoms with Gasteiger partial charge in [-0.2, -0.15) is 0 Å². The standard InChI is InChI=1S/C15H21ClN2O3/c1-9(2)7-13(14(19)21-4)18-15(20)17-12-8-11(16)6-5-10(12)3/h5-6,8-9,13H,7H2,1-4H3,(H2,17,18,20)/t13-/m0/s1. The van der Waals surface area contributed by atoms with Crippen LogP contribution < -0.4 is 10.6 Å². The lowest BCUT2D eigenvalue weighted by atomic mass is 10.0. The molecule has 0 aliphatic heterocycles. The first-order valence-corrected chi connectivity index (χ1v) is 7.12. The van der Waals surface area contributed by atoms with E-state index in [0.717, 1.165) is 5.56 Å². The Hall–Kier alpha value is -1.75. The molecule has 1 atom stereocenters. The lowest BCUT2D eigenvalue weighted by Crippen LogP contribution is -2.44. The van der Waals surface area contributed by atoms with Crippen LogP contribution in [0.3, 0.4) is 0 Å². The summed E-state index contributed by atoms with van der Waals surface area (Å²) in [5.41, 5.74) is 1.49. The number of carbonyl (C=O) groups is 2. The van der Waals surface area contributed by atoms with E-state index in [9.17, 15) is 9.59 Å². The average Bonchev–Trinajstić information content (AvgIpc) is 2.40. The average molecular weight is 313 g/mol. The molecule has 0 aromatic heterocycles. The number of amides is 2. The monoisotopic (exact) mass is 312 g/mol. The Morgan fingerprint density at radius 2 is 2.00 bits per heavy atom. The molecule has 5 nitrogen and oxygen atoms in total. The lowest BCUT2D eigenvalue weighted by Gasteiger charge is -2.19. The maximum atomic E-state index is 12.0. The number of nitrogens with one attached hydrogen (secondary N) is 2. The third-order valence-corrected chi connectivity index (χ3v) is 3.18. The lowest BCUT2D eigenvalue weighted by molar-refractivity contribution is -0.143. The van der Waals surface area contributed by atoms with Gasteiger partial charge >= 0.3 is 12.0 Å². The van der Waals surface area contributed by atoms with Crippen molar-refractivity contribution in [2.24, 2.45) is 5.92 Å². The summed E-state index contributed by atoms with van der Waals surface area (Å²) in [6.07, 6.45) is 0.509. The first-order chi connectivity index (χ1) is 9.83. The Kier molecular flexibility index (Phi) is 6.49. The smallest absolute Gasteiger partial charge is 0.328 e. The van der Waals surface area contributed by atoms with Gasteiger partial charge in [-0.15, -0.1) is 0 Å². The molecule has 0 unspecified atom stereocenters. The first-order valence-electron chi connectivity index (χ1n) is 6.75. The molecule has 0 fully saturated rings. The fraction of sp³-hybridized carbons (Fsp3) is 0.467. The van der Waals surface area contributed by atoms with Gasteiger partial charge in [0.05, 0.1) is 7.11 Å². The highest BCUT2D eigenvalue weighted by atomic mass is 35.5. The third kappa shape index (κ3) is 5.63. The number of halogens is 1. The number of carbonyl (C=O) groups excluding carboxylic acids is 2. The number of esters is 1. The summed E-state index contributed by atoms with van der Waals surface area (Å²) in [5, 5.41) is 5.85. The van der Waals surface area contributed by atoms with Gasteiger partial charge in [-0.1, -0.05) is 31.5 Å². The van der Waals surface area contributed by atoms with Crippen molar-refractivity contribution in [3.63, 3.8) is 0 Å². The van der Waals surface area contributed by atoms with E-state index in [1.807, 2.05) is 26.8 Å². The molecule has 21 heavy (non-hydrogen) atoms. The van der Waals surface area contributed by atoms with Gasteiger partial charge in [-0.25, -0.2) is 9.59 Å². The molecular formula is C15H21ClN2O3. The number of rotatable bonds is 5. The first kappa shape index (κ1) is 17.3. The zero-order chi connectivity index (χ0) is 16.0. The highest BCUT2D eigenvalue weighted by Gasteiger charge is 2.22. The van der Waals surface area contributed by atoms with Crippen molar-refractivity contribution < 1.29 is 14.3 Å². The molecular weight excluding hydrogens is 292 g/mol. The molecule has 2 N–H and O–H groups in total. The normalized spacial score (nSPS) is 11.9. The maximum Gasteiger partial charge on any atom is 0.328 e. The maximum absolute atomic E-state index is 12.0. The van der Waals surface area contributed by atoms with Crippen LogP contribution in [0.4, 0.5) is 10.5 Å². The minimum atomic E-state index is -0.672. The number of anilines is 1. The highest BCUT2D eigenvalue weighted by Crippen LogP contribution is 2.20. The van der Waals surface area contributed by atoms with Gasteiger partial charge in [0.25, 0.3) is 0 Å². The van der Waals surface area contributed by atoms with Gasteiger partial charge in [-0.05, 0) is 37.0 Å². The molecule has 0 spiro atoms. The number of benzene rings is 1. The molecule has 1 rings (SSSR count). The molecule has 0 aliphatic rings. The van der Waals surface area contributed by atoms with Crippen molar-refractivity contribution in [3.8, 4) is 0 Å². The van der Waals surface area contributed by atoms with E-state index in [0.29, 0.717) is 17.1 Å². The Morgan fingerprint density at radius 3 is 2.57 bits per heavy atom. The summed E-state index contributed by atoms with van der Waals surface area (Å²) >= 11 is 5.90. The SMILES string of the molecule is COC(=O)[C@H](CC(C)C)NC(=O)Nc1cc(Cl)ccc1C. The van der Waals surface area contributed by atoms with E-state index in [4.69, 9.17) is 16.3 Å². The summed E-state index contributed by atoms with van der Waals surface area (Å²) in [6, 6.07) is 4.08. The van der Waals surface area contributed by atoms with E-state index in [1.165, 1.54) is 7.11 Å². The summed E-state index contributed by atoms with van der Waals surface area (Å²) in [6.45, 7) is 5.80. The molecule has 116 valence electrons. The van der Waals surface area contributed by atoms with Crippen LogP contribution in [0, 0.1) is 12.8 Å². The minimum Gasteiger partial charge on any atom is -0.467 e. The van der Waals surface area contributed by atoms with Crippen molar-refractivity contribution in [1.82, 2.24) is 5.32 Å². The minimum absolute atomic E-state index is 0.252. The largest absolute Gasteiger partial charge is 0.467 e. The van der Waals surface area contributed by atoms with Crippen LogP contribution in [-0.4, -0.2) is 25.2 Å². The fourth-order valence-electron chi connectivity index (χ4n) is 1.87. The van der Waals surface area contributed by atoms with E-state index in [1.54, 1.807) is 12.1 Å². The van der Waals surface area contributed by atoms with E-state index >= 15 is 0 Å². The van der Waals surface area contributed by atoms with Gasteiger partial charge in [-0.3, -0.25) is 0 Å². The number of methoxy groups -OCH3 is 1. The molecule has 0 radical (unpaired) electrons. The second kappa shape index (κ2) is 7.88. The van der Waals surface area contributed by atoms with E-state index in [2.05, 4.69) is 10.6 Å². The van der Waals surface area contributed by atoms with E-state index in [-0.39, 0.29) is 5.92 Å². The quantitative estimate of drug-likeness (QED) is 0.819. The molecule has 6 heteroatoms. The zero-order valence-electron chi connectivity index (χ0n) is 12.7. The van der Waals surface area contributed by atoms with Crippen LogP contribution in [0.1, 0.15) is 25.8 Å². The summed E-state index contributed by atoms with van der Waals surface area (Å²) in [5.74, 6) is -0.205. The second-order valence-corrected chi connectivity index (χ2v) is 5.70. The molecule has 1 aromatic carbocycles. The number of ether oxygens (including phenoxy) is 1. The Bertz CT molecular complexity index is 518. The van der Waals surface area contributed by atoms with Gasteiger partial charge in [0.15, 0.2) is 0 Å². The van der Waals surface area contributed by atoms with Crippen molar-refractivity contribution in [2.45, 2.75) is 33.2 Å². The number of urea groups is 1. The van der Waals surface area contributed by atoms with Crippen molar-refractivity contribution in [3.05, 3.63) is 28.8 Å². The number of aryl methyl sites for hydroxylation is 1. The van der Waals surface area contributed by atoms with Crippen LogP contribution in [0.15, 0.2) is 18.2 Å². The summed E-state index contributed by atoms with van der Waals surface area (Å²) < 4.78 is 4.70. The molecule has 0 heterocycles. The van der Waals surface area contributed by atoms with Gasteiger partial charge < -0.3 is 15.4 Å². The Labute approximate surface area is 130 Å². The van der Waals surface area contributed by atoms with Crippen molar-refractivity contribution in [2.75, 3.05) is 12.4 Å². The highest BCUT2D eigenvalue weighted by molar-refractivity contribution is 6.31. The van der Waals surface area contributed by atoms with Crippen LogP contribution in [0.2, 0.25) is 5.02 Å². The van der Waals surface area contributed by atoms with E-state index < -0.39 is 18.0 Å². The van der Waals surface area contributed by atoms with Crippen LogP contribution >= 0.6 is 11.6 Å². The summed E-state index contributed by atoms with van der Waals surface area (Å²) in [7, 11) is 1.30. The molecule has 0 saturated heterocycles. The van der Waals surface area contributed by atoms with Crippen LogP contribution in [0.5, 0.6) is 0 Å². The number of hydrogen-bond donors (Lipinski definition) is 2. The molecule has 0 bridgehead atoms. The predicted octanol–water partition coefficient (Wildman–Crippen LogP) is 3.36. The topological polar surface area (TPSA) is 67.4 Å². The second-order valence-electron chi connectivity index (χ2n) is 5.26. The van der Waals surface area contributed by atoms with Gasteiger partial charge in [0.1, 0.15) is 6.04 Å². The van der Waals surface area contributed by atoms with Crippen molar-refractivity contribution in [1.29, 1.82) is 0 Å². The van der Waals surface area contributed by atoms with Crippen LogP contribution in [-0.2, 0) is 9.53 Å². The van der Waals surface area contributed by atoms with Crippen LogP contribution in [0.25, 0.3) is 0 Å². The molecule has 0 saturated carbocycles. The number of hydrogen-bond acceptors (Lipinski definition) is 3. The Balaban J connectivity index is 2.73. The van der Waals surface area contributed by atoms with Gasteiger partial charge in [0.2, 0.25) is 0 Å². The molecule has 0 aliphatic carbocycles. The summed E-state index contributed by atoms with van der Waals surface area (Å²) in [4.78, 5) is 23.7. The fourth-order valence-corrected chi connectivity index (χ4v) is 2.05. The zero-order valence-corrected chi connectivity index (χ0v) is 13.5. The predicted molar refractivity (Wildman–Crippen MR) is 83.6 cm³/mol. The molecule has 2 amide bonds. The third-order valence-electron chi connectivity index (χ3n) is 2.95. The van der Waals surface area contributed by atoms with Crippen molar-refractivity contribution >= 4 is 29.3 Å². The van der Waals surface area contributed by atoms with Gasteiger partial charge in [0, 0.05) is 10.7 Å².